The van der Waals surface area contributed by atoms with E-state index in [0.29, 0.717) is 0 Å². The lowest BCUT2D eigenvalue weighted by molar-refractivity contribution is 0.179. The summed E-state index contributed by atoms with van der Waals surface area (Å²) < 4.78 is -0.605. The SMILES string of the molecule is O[C@H](Cc1nc2ccccc2s1)C(Cl)(Cl)Cl. The first-order valence-corrected chi connectivity index (χ1v) is 6.51. The van der Waals surface area contributed by atoms with E-state index in [4.69, 9.17) is 34.8 Å². The molecule has 1 heterocycles. The molecule has 6 heteroatoms. The van der Waals surface area contributed by atoms with Crippen molar-refractivity contribution in [3.8, 4) is 0 Å². The van der Waals surface area contributed by atoms with Crippen LogP contribution in [0, 0.1) is 0 Å². The zero-order valence-corrected chi connectivity index (χ0v) is 11.1. The summed E-state index contributed by atoms with van der Waals surface area (Å²) in [5.74, 6) is 0. The number of hydrogen-bond acceptors (Lipinski definition) is 3. The second-order valence-electron chi connectivity index (χ2n) is 3.34. The van der Waals surface area contributed by atoms with Gasteiger partial charge in [0.2, 0.25) is 3.79 Å². The highest BCUT2D eigenvalue weighted by Gasteiger charge is 2.31. The number of alkyl halides is 3. The number of thiazole rings is 1. The largest absolute Gasteiger partial charge is 0.388 e. The van der Waals surface area contributed by atoms with Crippen molar-refractivity contribution in [2.45, 2.75) is 16.3 Å². The van der Waals surface area contributed by atoms with E-state index in [-0.39, 0.29) is 6.42 Å². The van der Waals surface area contributed by atoms with Gasteiger partial charge in [0.25, 0.3) is 0 Å². The van der Waals surface area contributed by atoms with Gasteiger partial charge in [-0.05, 0) is 12.1 Å². The molecule has 0 saturated carbocycles. The van der Waals surface area contributed by atoms with Crippen LogP contribution in [0.25, 0.3) is 10.2 Å². The highest BCUT2D eigenvalue weighted by atomic mass is 35.6. The lowest BCUT2D eigenvalue weighted by atomic mass is 10.3. The third-order valence-electron chi connectivity index (χ3n) is 2.08. The molecule has 0 amide bonds. The molecule has 1 N–H and O–H groups in total. The van der Waals surface area contributed by atoms with Crippen molar-refractivity contribution in [2.75, 3.05) is 0 Å². The lowest BCUT2D eigenvalue weighted by Gasteiger charge is -2.17. The molecule has 0 aliphatic carbocycles. The fourth-order valence-corrected chi connectivity index (χ4v) is 2.52. The van der Waals surface area contributed by atoms with Crippen LogP contribution in [0.15, 0.2) is 24.3 Å². The first-order chi connectivity index (χ1) is 7.47. The molecule has 0 aliphatic heterocycles. The van der Waals surface area contributed by atoms with E-state index in [9.17, 15) is 5.11 Å². The number of halogens is 3. The Labute approximate surface area is 112 Å². The Kier molecular flexibility index (Phi) is 3.62. The number of aromatic nitrogens is 1. The van der Waals surface area contributed by atoms with Crippen LogP contribution >= 0.6 is 46.1 Å². The van der Waals surface area contributed by atoms with Crippen LogP contribution in [0.1, 0.15) is 5.01 Å². The minimum absolute atomic E-state index is 0.246. The Hall–Kier alpha value is -0.0600. The van der Waals surface area contributed by atoms with Crippen LogP contribution in [0.2, 0.25) is 0 Å². The Morgan fingerprint density at radius 3 is 2.62 bits per heavy atom. The van der Waals surface area contributed by atoms with Crippen LogP contribution in [-0.2, 0) is 6.42 Å². The molecule has 2 aromatic rings. The molecular formula is C10H8Cl3NOS. The van der Waals surface area contributed by atoms with Gasteiger partial charge in [-0.1, -0.05) is 46.9 Å². The molecule has 0 spiro atoms. The van der Waals surface area contributed by atoms with E-state index < -0.39 is 9.90 Å². The van der Waals surface area contributed by atoms with Gasteiger partial charge in [-0.15, -0.1) is 11.3 Å². The second-order valence-corrected chi connectivity index (χ2v) is 6.82. The van der Waals surface area contributed by atoms with E-state index >= 15 is 0 Å². The van der Waals surface area contributed by atoms with Crippen molar-refractivity contribution in [2.24, 2.45) is 0 Å². The van der Waals surface area contributed by atoms with Crippen molar-refractivity contribution in [3.05, 3.63) is 29.3 Å². The fourth-order valence-electron chi connectivity index (χ4n) is 1.29. The monoisotopic (exact) mass is 295 g/mol. The smallest absolute Gasteiger partial charge is 0.216 e. The maximum Gasteiger partial charge on any atom is 0.216 e. The first-order valence-electron chi connectivity index (χ1n) is 4.56. The molecule has 0 radical (unpaired) electrons. The number of aliphatic hydroxyl groups excluding tert-OH is 1. The standard InChI is InChI=1S/C10H8Cl3NOS/c11-10(12,13)8(15)5-9-14-6-3-1-2-4-7(6)16-9/h1-4,8,15H,5H2/t8-/m1/s1. The van der Waals surface area contributed by atoms with Crippen LogP contribution in [-0.4, -0.2) is 20.0 Å². The van der Waals surface area contributed by atoms with E-state index in [1.54, 1.807) is 0 Å². The molecule has 86 valence electrons. The van der Waals surface area contributed by atoms with E-state index in [0.717, 1.165) is 15.2 Å². The van der Waals surface area contributed by atoms with Crippen LogP contribution in [0.3, 0.4) is 0 Å². The number of aliphatic hydroxyl groups is 1. The van der Waals surface area contributed by atoms with Crippen LogP contribution in [0.4, 0.5) is 0 Å². The second kappa shape index (κ2) is 4.67. The predicted molar refractivity (Wildman–Crippen MR) is 69.6 cm³/mol. The number of para-hydroxylation sites is 1. The highest BCUT2D eigenvalue weighted by molar-refractivity contribution is 7.18. The molecule has 1 aromatic heterocycles. The van der Waals surface area contributed by atoms with Crippen molar-refractivity contribution in [3.63, 3.8) is 0 Å². The molecule has 16 heavy (non-hydrogen) atoms. The quantitative estimate of drug-likeness (QED) is 0.860. The van der Waals surface area contributed by atoms with E-state index in [1.165, 1.54) is 11.3 Å². The van der Waals surface area contributed by atoms with Gasteiger partial charge < -0.3 is 5.11 Å². The van der Waals surface area contributed by atoms with Crippen molar-refractivity contribution in [1.82, 2.24) is 4.98 Å². The molecule has 2 rings (SSSR count). The van der Waals surface area contributed by atoms with Gasteiger partial charge in [-0.25, -0.2) is 4.98 Å². The van der Waals surface area contributed by atoms with Gasteiger partial charge in [-0.2, -0.15) is 0 Å². The van der Waals surface area contributed by atoms with Gasteiger partial charge in [0, 0.05) is 6.42 Å². The number of rotatable bonds is 2. The Morgan fingerprint density at radius 1 is 1.31 bits per heavy atom. The summed E-state index contributed by atoms with van der Waals surface area (Å²) in [6.07, 6.45) is -0.798. The summed E-state index contributed by atoms with van der Waals surface area (Å²) >= 11 is 18.3. The molecule has 0 fully saturated rings. The molecule has 1 atom stereocenters. The van der Waals surface area contributed by atoms with Crippen molar-refractivity contribution < 1.29 is 5.11 Å². The lowest BCUT2D eigenvalue weighted by Crippen LogP contribution is -2.27. The summed E-state index contributed by atoms with van der Waals surface area (Å²) in [6, 6.07) is 7.74. The number of nitrogens with zero attached hydrogens (tertiary/aromatic N) is 1. The Morgan fingerprint density at radius 2 is 2.00 bits per heavy atom. The summed E-state index contributed by atoms with van der Waals surface area (Å²) in [5.41, 5.74) is 0.902. The van der Waals surface area contributed by atoms with E-state index in [2.05, 4.69) is 4.98 Å². The maximum absolute atomic E-state index is 9.64. The zero-order chi connectivity index (χ0) is 11.8. The summed E-state index contributed by atoms with van der Waals surface area (Å²) in [7, 11) is 0. The third kappa shape index (κ3) is 2.79. The van der Waals surface area contributed by atoms with Gasteiger partial charge >= 0.3 is 0 Å². The third-order valence-corrected chi connectivity index (χ3v) is 3.90. The number of fused-ring (bicyclic) bond motifs is 1. The molecule has 0 aliphatic rings. The van der Waals surface area contributed by atoms with Gasteiger partial charge in [0.05, 0.1) is 15.2 Å². The van der Waals surface area contributed by atoms with Crippen molar-refractivity contribution >= 4 is 56.4 Å². The first kappa shape index (κ1) is 12.4. The molecule has 0 bridgehead atoms. The molecular weight excluding hydrogens is 289 g/mol. The average Bonchev–Trinajstić information content (AvgIpc) is 2.58. The predicted octanol–water partition coefficient (Wildman–Crippen LogP) is 3.57. The molecule has 0 unspecified atom stereocenters. The summed E-state index contributed by atoms with van der Waals surface area (Å²) in [5, 5.41) is 10.4. The molecule has 2 nitrogen and oxygen atoms in total. The number of hydrogen-bond donors (Lipinski definition) is 1. The maximum atomic E-state index is 9.64. The minimum atomic E-state index is -1.67. The van der Waals surface area contributed by atoms with Crippen LogP contribution < -0.4 is 0 Å². The highest BCUT2D eigenvalue weighted by Crippen LogP contribution is 2.33. The van der Waals surface area contributed by atoms with E-state index in [1.807, 2.05) is 24.3 Å². The van der Waals surface area contributed by atoms with Gasteiger partial charge in [0.15, 0.2) is 0 Å². The Balaban J connectivity index is 2.22. The van der Waals surface area contributed by atoms with Gasteiger partial charge in [-0.3, -0.25) is 0 Å². The Bertz CT molecular complexity index is 461. The fraction of sp³-hybridized carbons (Fsp3) is 0.300. The van der Waals surface area contributed by atoms with Crippen molar-refractivity contribution in [1.29, 1.82) is 0 Å². The summed E-state index contributed by atoms with van der Waals surface area (Å²) in [6.45, 7) is 0. The topological polar surface area (TPSA) is 33.1 Å². The molecule has 0 saturated heterocycles. The molecule has 1 aromatic carbocycles. The van der Waals surface area contributed by atoms with Gasteiger partial charge in [0.1, 0.15) is 6.10 Å². The van der Waals surface area contributed by atoms with Crippen LogP contribution in [0.5, 0.6) is 0 Å². The number of benzene rings is 1. The minimum Gasteiger partial charge on any atom is -0.388 e. The normalized spacial score (nSPS) is 14.2. The summed E-state index contributed by atoms with van der Waals surface area (Å²) in [4.78, 5) is 4.35. The average molecular weight is 297 g/mol. The zero-order valence-electron chi connectivity index (χ0n) is 8.03.